The van der Waals surface area contributed by atoms with Gasteiger partial charge in [-0.05, 0) is 24.6 Å². The Morgan fingerprint density at radius 3 is 3.15 bits per heavy atom. The van der Waals surface area contributed by atoms with Crippen molar-refractivity contribution in [1.82, 2.24) is 5.32 Å². The van der Waals surface area contributed by atoms with E-state index in [2.05, 4.69) is 5.32 Å². The smallest absolute Gasteiger partial charge is 0.253 e. The first kappa shape index (κ1) is 13.5. The Hall–Kier alpha value is -1.43. The number of aryl methyl sites for hydroxylation is 1. The molecule has 0 bridgehead atoms. The van der Waals surface area contributed by atoms with Gasteiger partial charge >= 0.3 is 0 Å². The highest BCUT2D eigenvalue weighted by molar-refractivity contribution is 5.95. The first-order valence-electron chi connectivity index (χ1n) is 6.98. The predicted octanol–water partition coefficient (Wildman–Crippen LogP) is 0.717. The first-order valence-corrected chi connectivity index (χ1v) is 6.98. The van der Waals surface area contributed by atoms with E-state index in [1.165, 1.54) is 0 Å². The second kappa shape index (κ2) is 5.52. The fraction of sp³-hybridized carbons (Fsp3) is 0.533. The SMILES string of the molecule is Cc1cccc(N2CC3(CNCCOC3)OCC2=O)c1. The van der Waals surface area contributed by atoms with E-state index in [4.69, 9.17) is 9.47 Å². The molecule has 0 saturated carbocycles. The van der Waals surface area contributed by atoms with Crippen molar-refractivity contribution >= 4 is 11.6 Å². The van der Waals surface area contributed by atoms with Gasteiger partial charge in [-0.15, -0.1) is 0 Å². The molecule has 20 heavy (non-hydrogen) atoms. The lowest BCUT2D eigenvalue weighted by atomic mass is 10.0. The van der Waals surface area contributed by atoms with Crippen LogP contribution in [0.3, 0.4) is 0 Å². The predicted molar refractivity (Wildman–Crippen MR) is 75.9 cm³/mol. The molecule has 2 heterocycles. The second-order valence-corrected chi connectivity index (χ2v) is 5.52. The van der Waals surface area contributed by atoms with Crippen molar-refractivity contribution in [3.05, 3.63) is 29.8 Å². The average molecular weight is 276 g/mol. The minimum Gasteiger partial charge on any atom is -0.377 e. The summed E-state index contributed by atoms with van der Waals surface area (Å²) in [4.78, 5) is 14.0. The summed E-state index contributed by atoms with van der Waals surface area (Å²) >= 11 is 0. The summed E-state index contributed by atoms with van der Waals surface area (Å²) in [5.41, 5.74) is 1.64. The number of hydrogen-bond donors (Lipinski definition) is 1. The molecule has 0 aliphatic carbocycles. The summed E-state index contributed by atoms with van der Waals surface area (Å²) in [5.74, 6) is 0.00507. The average Bonchev–Trinajstić information content (AvgIpc) is 2.68. The Balaban J connectivity index is 1.84. The number of morpholine rings is 1. The quantitative estimate of drug-likeness (QED) is 0.821. The molecule has 2 aliphatic rings. The van der Waals surface area contributed by atoms with Gasteiger partial charge in [0.15, 0.2) is 0 Å². The monoisotopic (exact) mass is 276 g/mol. The summed E-state index contributed by atoms with van der Waals surface area (Å²) in [7, 11) is 0. The standard InChI is InChI=1S/C15H20N2O3/c1-12-3-2-4-13(7-12)17-10-15(20-8-14(17)18)9-16-5-6-19-11-15/h2-4,7,16H,5-6,8-11H2,1H3. The van der Waals surface area contributed by atoms with Crippen LogP contribution in [-0.2, 0) is 14.3 Å². The number of nitrogens with zero attached hydrogens (tertiary/aromatic N) is 1. The molecule has 0 radical (unpaired) electrons. The molecule has 1 aromatic carbocycles. The maximum atomic E-state index is 12.2. The van der Waals surface area contributed by atoms with Gasteiger partial charge in [-0.2, -0.15) is 0 Å². The molecular formula is C15H20N2O3. The number of rotatable bonds is 1. The lowest BCUT2D eigenvalue weighted by Crippen LogP contribution is -2.60. The highest BCUT2D eigenvalue weighted by Gasteiger charge is 2.41. The molecule has 2 aliphatic heterocycles. The van der Waals surface area contributed by atoms with Crippen molar-refractivity contribution < 1.29 is 14.3 Å². The second-order valence-electron chi connectivity index (χ2n) is 5.52. The number of amides is 1. The largest absolute Gasteiger partial charge is 0.377 e. The van der Waals surface area contributed by atoms with Gasteiger partial charge in [-0.3, -0.25) is 4.79 Å². The van der Waals surface area contributed by atoms with E-state index in [1.807, 2.05) is 36.1 Å². The van der Waals surface area contributed by atoms with Crippen LogP contribution < -0.4 is 10.2 Å². The van der Waals surface area contributed by atoms with Gasteiger partial charge in [0.1, 0.15) is 12.2 Å². The maximum absolute atomic E-state index is 12.2. The van der Waals surface area contributed by atoms with Crippen LogP contribution in [-0.4, -0.2) is 51.0 Å². The summed E-state index contributed by atoms with van der Waals surface area (Å²) in [5, 5.41) is 3.32. The van der Waals surface area contributed by atoms with Crippen LogP contribution in [0.15, 0.2) is 24.3 Å². The molecule has 2 fully saturated rings. The van der Waals surface area contributed by atoms with Crippen LogP contribution in [0, 0.1) is 6.92 Å². The van der Waals surface area contributed by atoms with Gasteiger partial charge < -0.3 is 19.7 Å². The maximum Gasteiger partial charge on any atom is 0.253 e. The van der Waals surface area contributed by atoms with E-state index in [9.17, 15) is 4.79 Å². The highest BCUT2D eigenvalue weighted by Crippen LogP contribution is 2.25. The number of carbonyl (C=O) groups excluding carboxylic acids is 1. The zero-order chi connectivity index (χ0) is 14.0. The van der Waals surface area contributed by atoms with Gasteiger partial charge in [0.25, 0.3) is 5.91 Å². The molecule has 2 saturated heterocycles. The number of anilines is 1. The van der Waals surface area contributed by atoms with Crippen molar-refractivity contribution in [2.75, 3.05) is 44.4 Å². The molecule has 1 atom stereocenters. The summed E-state index contributed by atoms with van der Waals surface area (Å²) < 4.78 is 11.4. The van der Waals surface area contributed by atoms with Crippen molar-refractivity contribution in [1.29, 1.82) is 0 Å². The summed E-state index contributed by atoms with van der Waals surface area (Å²) in [6, 6.07) is 8.00. The lowest BCUT2D eigenvalue weighted by Gasteiger charge is -2.41. The minimum absolute atomic E-state index is 0.00507. The molecule has 1 N–H and O–H groups in total. The van der Waals surface area contributed by atoms with Crippen molar-refractivity contribution in [2.45, 2.75) is 12.5 Å². The van der Waals surface area contributed by atoms with E-state index in [1.54, 1.807) is 0 Å². The number of hydrogen-bond acceptors (Lipinski definition) is 4. The molecule has 5 heteroatoms. The summed E-state index contributed by atoms with van der Waals surface area (Å²) in [6.45, 7) is 5.41. The van der Waals surface area contributed by atoms with Crippen LogP contribution in [0.2, 0.25) is 0 Å². The fourth-order valence-electron chi connectivity index (χ4n) is 2.71. The number of carbonyl (C=O) groups is 1. The fourth-order valence-corrected chi connectivity index (χ4v) is 2.71. The van der Waals surface area contributed by atoms with Crippen LogP contribution in [0.4, 0.5) is 5.69 Å². The molecule has 108 valence electrons. The Morgan fingerprint density at radius 1 is 1.40 bits per heavy atom. The van der Waals surface area contributed by atoms with E-state index in [-0.39, 0.29) is 12.5 Å². The zero-order valence-electron chi connectivity index (χ0n) is 11.7. The molecule has 1 aromatic rings. The Morgan fingerprint density at radius 2 is 2.30 bits per heavy atom. The zero-order valence-corrected chi connectivity index (χ0v) is 11.7. The number of ether oxygens (including phenoxy) is 2. The Labute approximate surface area is 118 Å². The van der Waals surface area contributed by atoms with Gasteiger partial charge in [0.05, 0.1) is 19.8 Å². The first-order chi connectivity index (χ1) is 9.69. The molecule has 1 unspecified atom stereocenters. The third-order valence-electron chi connectivity index (χ3n) is 3.80. The Kier molecular flexibility index (Phi) is 3.74. The van der Waals surface area contributed by atoms with Crippen LogP contribution in [0.5, 0.6) is 0 Å². The molecule has 3 rings (SSSR count). The number of benzene rings is 1. The minimum atomic E-state index is -0.436. The number of nitrogens with one attached hydrogen (secondary N) is 1. The van der Waals surface area contributed by atoms with Crippen molar-refractivity contribution in [3.8, 4) is 0 Å². The van der Waals surface area contributed by atoms with Gasteiger partial charge in [0.2, 0.25) is 0 Å². The Bertz CT molecular complexity index is 496. The van der Waals surface area contributed by atoms with E-state index >= 15 is 0 Å². The van der Waals surface area contributed by atoms with Crippen molar-refractivity contribution in [3.63, 3.8) is 0 Å². The summed E-state index contributed by atoms with van der Waals surface area (Å²) in [6.07, 6.45) is 0. The third kappa shape index (κ3) is 2.70. The van der Waals surface area contributed by atoms with Crippen LogP contribution >= 0.6 is 0 Å². The van der Waals surface area contributed by atoms with E-state index in [0.717, 1.165) is 17.8 Å². The van der Waals surface area contributed by atoms with Crippen LogP contribution in [0.1, 0.15) is 5.56 Å². The molecule has 1 amide bonds. The molecule has 5 nitrogen and oxygen atoms in total. The van der Waals surface area contributed by atoms with Gasteiger partial charge in [0, 0.05) is 18.8 Å². The lowest BCUT2D eigenvalue weighted by molar-refractivity contribution is -0.144. The normalized spacial score (nSPS) is 27.6. The molecule has 0 aromatic heterocycles. The van der Waals surface area contributed by atoms with Crippen LogP contribution in [0.25, 0.3) is 0 Å². The third-order valence-corrected chi connectivity index (χ3v) is 3.80. The molecule has 1 spiro atoms. The van der Waals surface area contributed by atoms with Gasteiger partial charge in [-0.25, -0.2) is 0 Å². The molecular weight excluding hydrogens is 256 g/mol. The topological polar surface area (TPSA) is 50.8 Å². The van der Waals surface area contributed by atoms with Crippen molar-refractivity contribution in [2.24, 2.45) is 0 Å². The van der Waals surface area contributed by atoms with E-state index in [0.29, 0.717) is 26.3 Å². The van der Waals surface area contributed by atoms with Gasteiger partial charge in [-0.1, -0.05) is 12.1 Å². The van der Waals surface area contributed by atoms with E-state index < -0.39 is 5.60 Å². The highest BCUT2D eigenvalue weighted by atomic mass is 16.5.